The molecule has 2 aromatic rings. The number of aliphatic hydroxyl groups excluding tert-OH is 1. The first-order valence-electron chi connectivity index (χ1n) is 7.50. The number of anilines is 3. The van der Waals surface area contributed by atoms with Gasteiger partial charge in [-0.15, -0.1) is 0 Å². The topological polar surface area (TPSA) is 104 Å². The maximum Gasteiger partial charge on any atom is 0.329 e. The van der Waals surface area contributed by atoms with E-state index in [1.54, 1.807) is 29.2 Å². The highest BCUT2D eigenvalue weighted by molar-refractivity contribution is 6.30. The van der Waals surface area contributed by atoms with Crippen molar-refractivity contribution in [1.82, 2.24) is 9.97 Å². The van der Waals surface area contributed by atoms with Gasteiger partial charge in [0.05, 0.1) is 17.6 Å². The zero-order valence-electron chi connectivity index (χ0n) is 12.7. The van der Waals surface area contributed by atoms with Crippen molar-refractivity contribution in [3.05, 3.63) is 45.6 Å². The third-order valence-corrected chi connectivity index (χ3v) is 4.16. The summed E-state index contributed by atoms with van der Waals surface area (Å²) in [5, 5.41) is 24.4. The molecule has 8 nitrogen and oxygen atoms in total. The molecule has 126 valence electrons. The van der Waals surface area contributed by atoms with Gasteiger partial charge in [0.2, 0.25) is 11.8 Å². The van der Waals surface area contributed by atoms with Crippen LogP contribution in [0.4, 0.5) is 23.1 Å². The van der Waals surface area contributed by atoms with Gasteiger partial charge < -0.3 is 15.3 Å². The molecule has 1 fully saturated rings. The number of nitrogens with one attached hydrogen (secondary N) is 1. The minimum atomic E-state index is -0.506. The Hall–Kier alpha value is -2.45. The van der Waals surface area contributed by atoms with Crippen LogP contribution in [0.5, 0.6) is 0 Å². The number of hydrogen-bond donors (Lipinski definition) is 2. The summed E-state index contributed by atoms with van der Waals surface area (Å²) in [6, 6.07) is 6.80. The predicted octanol–water partition coefficient (Wildman–Crippen LogP) is 2.74. The molecule has 0 aliphatic carbocycles. The number of hydrogen-bond acceptors (Lipinski definition) is 7. The Morgan fingerprint density at radius 2 is 2.17 bits per heavy atom. The maximum atomic E-state index is 11.3. The molecule has 1 aromatic heterocycles. The Kier molecular flexibility index (Phi) is 4.77. The summed E-state index contributed by atoms with van der Waals surface area (Å²) >= 11 is 5.85. The largest absolute Gasteiger partial charge is 0.394 e. The lowest BCUT2D eigenvalue weighted by Gasteiger charge is -2.23. The van der Waals surface area contributed by atoms with Crippen LogP contribution in [0.2, 0.25) is 5.02 Å². The molecule has 0 spiro atoms. The van der Waals surface area contributed by atoms with Crippen molar-refractivity contribution in [2.24, 2.45) is 0 Å². The normalized spacial score (nSPS) is 17.1. The number of benzene rings is 1. The molecule has 2 heterocycles. The van der Waals surface area contributed by atoms with E-state index in [4.69, 9.17) is 11.6 Å². The fourth-order valence-corrected chi connectivity index (χ4v) is 2.86. The smallest absolute Gasteiger partial charge is 0.329 e. The lowest BCUT2D eigenvalue weighted by atomic mass is 10.2. The quantitative estimate of drug-likeness (QED) is 0.631. The van der Waals surface area contributed by atoms with Gasteiger partial charge in [-0.25, -0.2) is 4.98 Å². The van der Waals surface area contributed by atoms with E-state index in [2.05, 4.69) is 15.3 Å². The van der Waals surface area contributed by atoms with Gasteiger partial charge in [-0.2, -0.15) is 4.98 Å². The average Bonchev–Trinajstić information content (AvgIpc) is 3.05. The van der Waals surface area contributed by atoms with Gasteiger partial charge in [0.25, 0.3) is 0 Å². The fraction of sp³-hybridized carbons (Fsp3) is 0.333. The van der Waals surface area contributed by atoms with Crippen molar-refractivity contribution in [3.8, 4) is 0 Å². The molecule has 9 heteroatoms. The van der Waals surface area contributed by atoms with Crippen LogP contribution < -0.4 is 10.2 Å². The van der Waals surface area contributed by atoms with E-state index in [1.165, 1.54) is 6.20 Å². The number of nitrogens with zero attached hydrogens (tertiary/aromatic N) is 4. The lowest BCUT2D eigenvalue weighted by molar-refractivity contribution is -0.384. The van der Waals surface area contributed by atoms with Gasteiger partial charge in [-0.3, -0.25) is 10.1 Å². The van der Waals surface area contributed by atoms with Crippen LogP contribution in [0, 0.1) is 10.1 Å². The van der Waals surface area contributed by atoms with Crippen molar-refractivity contribution in [2.75, 3.05) is 23.4 Å². The summed E-state index contributed by atoms with van der Waals surface area (Å²) in [5.74, 6) is 0.476. The SMILES string of the molecule is O=[N+]([O-])c1cnc(Nc2ccc(Cl)cc2)nc1N1CCC[C@@H]1CO. The van der Waals surface area contributed by atoms with E-state index in [0.29, 0.717) is 11.6 Å². The highest BCUT2D eigenvalue weighted by atomic mass is 35.5. The van der Waals surface area contributed by atoms with Crippen molar-refractivity contribution in [2.45, 2.75) is 18.9 Å². The first kappa shape index (κ1) is 16.4. The summed E-state index contributed by atoms with van der Waals surface area (Å²) in [6.07, 6.45) is 2.82. The van der Waals surface area contributed by atoms with E-state index >= 15 is 0 Å². The third kappa shape index (κ3) is 3.39. The van der Waals surface area contributed by atoms with Crippen LogP contribution in [0.1, 0.15) is 12.8 Å². The summed E-state index contributed by atoms with van der Waals surface area (Å²) in [6.45, 7) is 0.546. The highest BCUT2D eigenvalue weighted by Crippen LogP contribution is 2.32. The monoisotopic (exact) mass is 349 g/mol. The van der Waals surface area contributed by atoms with E-state index in [9.17, 15) is 15.2 Å². The zero-order chi connectivity index (χ0) is 17.1. The molecule has 0 radical (unpaired) electrons. The molecule has 1 aliphatic rings. The van der Waals surface area contributed by atoms with Crippen molar-refractivity contribution in [1.29, 1.82) is 0 Å². The second kappa shape index (κ2) is 6.98. The van der Waals surface area contributed by atoms with Crippen LogP contribution >= 0.6 is 11.6 Å². The van der Waals surface area contributed by atoms with Crippen molar-refractivity contribution < 1.29 is 10.0 Å². The standard InChI is InChI=1S/C15H16ClN5O3/c16-10-3-5-11(6-4-10)18-15-17-8-13(21(23)24)14(19-15)20-7-1-2-12(20)9-22/h3-6,8,12,22H,1-2,7,9H2,(H,17,18,19)/t12-/m1/s1. The highest BCUT2D eigenvalue weighted by Gasteiger charge is 2.31. The van der Waals surface area contributed by atoms with Crippen LogP contribution in [0.25, 0.3) is 0 Å². The summed E-state index contributed by atoms with van der Waals surface area (Å²) in [5.41, 5.74) is 0.552. The molecule has 24 heavy (non-hydrogen) atoms. The molecule has 1 aromatic carbocycles. The minimum absolute atomic E-state index is 0.0683. The first-order valence-corrected chi connectivity index (χ1v) is 7.88. The third-order valence-electron chi connectivity index (χ3n) is 3.91. The minimum Gasteiger partial charge on any atom is -0.394 e. The van der Waals surface area contributed by atoms with Gasteiger partial charge in [0.15, 0.2) is 0 Å². The summed E-state index contributed by atoms with van der Waals surface area (Å²) in [7, 11) is 0. The van der Waals surface area contributed by atoms with Crippen LogP contribution in [-0.2, 0) is 0 Å². The Bertz CT molecular complexity index is 740. The molecular weight excluding hydrogens is 334 g/mol. The Morgan fingerprint density at radius 3 is 2.83 bits per heavy atom. The second-order valence-electron chi connectivity index (χ2n) is 5.46. The number of rotatable bonds is 5. The Balaban J connectivity index is 1.93. The van der Waals surface area contributed by atoms with E-state index < -0.39 is 4.92 Å². The van der Waals surface area contributed by atoms with Gasteiger partial charge in [0, 0.05) is 17.3 Å². The van der Waals surface area contributed by atoms with Gasteiger partial charge in [0.1, 0.15) is 6.20 Å². The van der Waals surface area contributed by atoms with E-state index in [0.717, 1.165) is 18.5 Å². The van der Waals surface area contributed by atoms with Crippen LogP contribution in [0.15, 0.2) is 30.5 Å². The molecule has 0 unspecified atom stereocenters. The van der Waals surface area contributed by atoms with Crippen LogP contribution in [-0.4, -0.2) is 39.2 Å². The van der Waals surface area contributed by atoms with E-state index in [1.807, 2.05) is 0 Å². The molecule has 1 aliphatic heterocycles. The predicted molar refractivity (Wildman–Crippen MR) is 90.9 cm³/mol. The second-order valence-corrected chi connectivity index (χ2v) is 5.90. The number of halogens is 1. The van der Waals surface area contributed by atoms with Gasteiger partial charge in [-0.05, 0) is 37.1 Å². The first-order chi connectivity index (χ1) is 11.6. The zero-order valence-corrected chi connectivity index (χ0v) is 13.5. The fourth-order valence-electron chi connectivity index (χ4n) is 2.73. The summed E-state index contributed by atoms with van der Waals surface area (Å²) in [4.78, 5) is 20.9. The van der Waals surface area contributed by atoms with Gasteiger partial charge >= 0.3 is 5.69 Å². The van der Waals surface area contributed by atoms with E-state index in [-0.39, 0.29) is 30.1 Å². The van der Waals surface area contributed by atoms with Crippen LogP contribution in [0.3, 0.4) is 0 Å². The average molecular weight is 350 g/mol. The Labute approximate surface area is 143 Å². The molecule has 0 amide bonds. The molecule has 0 saturated carbocycles. The molecule has 3 rings (SSSR count). The molecular formula is C15H16ClN5O3. The maximum absolute atomic E-state index is 11.3. The molecule has 1 saturated heterocycles. The summed E-state index contributed by atoms with van der Waals surface area (Å²) < 4.78 is 0. The van der Waals surface area contributed by atoms with Crippen molar-refractivity contribution >= 4 is 34.7 Å². The lowest BCUT2D eigenvalue weighted by Crippen LogP contribution is -2.33. The Morgan fingerprint density at radius 1 is 1.42 bits per heavy atom. The molecule has 2 N–H and O–H groups in total. The van der Waals surface area contributed by atoms with Gasteiger partial charge in [-0.1, -0.05) is 11.6 Å². The molecule has 0 bridgehead atoms. The number of nitro groups is 1. The molecule has 1 atom stereocenters. The van der Waals surface area contributed by atoms with Crippen molar-refractivity contribution in [3.63, 3.8) is 0 Å². The number of aliphatic hydroxyl groups is 1. The number of aromatic nitrogens is 2.